The molecule has 2 aromatic carbocycles. The zero-order valence-corrected chi connectivity index (χ0v) is 12.5. The molecule has 108 valence electrons. The maximum absolute atomic E-state index is 12.5. The summed E-state index contributed by atoms with van der Waals surface area (Å²) >= 11 is 0. The van der Waals surface area contributed by atoms with Crippen LogP contribution in [0.2, 0.25) is 0 Å². The number of benzene rings is 2. The number of hydrogen-bond donors (Lipinski definition) is 0. The van der Waals surface area contributed by atoms with Crippen molar-refractivity contribution < 1.29 is 9.53 Å². The zero-order chi connectivity index (χ0) is 14.8. The molecule has 0 saturated heterocycles. The molecule has 3 rings (SSSR count). The standard InChI is InChI=1S/C19H20O2/c1-13-8-9-19(21-2)15(10-13)11-18(20)17-12-16(17)14-6-4-3-5-7-14/h3-10,16-17H,11-12H2,1-2H3. The van der Waals surface area contributed by atoms with Crippen molar-refractivity contribution in [2.75, 3.05) is 7.11 Å². The second kappa shape index (κ2) is 5.72. The van der Waals surface area contributed by atoms with E-state index in [0.29, 0.717) is 18.1 Å². The Labute approximate surface area is 125 Å². The number of ether oxygens (including phenoxy) is 1. The average Bonchev–Trinajstić information content (AvgIpc) is 3.29. The summed E-state index contributed by atoms with van der Waals surface area (Å²) < 4.78 is 5.36. The molecule has 0 radical (unpaired) electrons. The molecule has 1 fully saturated rings. The molecule has 1 aliphatic rings. The molecule has 21 heavy (non-hydrogen) atoms. The van der Waals surface area contributed by atoms with Crippen molar-refractivity contribution in [3.05, 3.63) is 65.2 Å². The normalized spacial score (nSPS) is 20.1. The van der Waals surface area contributed by atoms with Crippen LogP contribution in [-0.2, 0) is 11.2 Å². The third-order valence-corrected chi connectivity index (χ3v) is 4.23. The molecule has 2 heteroatoms. The van der Waals surface area contributed by atoms with Gasteiger partial charge in [0.05, 0.1) is 7.11 Å². The second-order valence-electron chi connectivity index (χ2n) is 5.82. The highest BCUT2D eigenvalue weighted by molar-refractivity contribution is 5.87. The lowest BCUT2D eigenvalue weighted by atomic mass is 10.0. The van der Waals surface area contributed by atoms with Crippen LogP contribution in [0.1, 0.15) is 29.0 Å². The van der Waals surface area contributed by atoms with Crippen LogP contribution < -0.4 is 4.74 Å². The van der Waals surface area contributed by atoms with Gasteiger partial charge < -0.3 is 4.74 Å². The Morgan fingerprint density at radius 3 is 2.67 bits per heavy atom. The monoisotopic (exact) mass is 280 g/mol. The van der Waals surface area contributed by atoms with E-state index in [0.717, 1.165) is 23.3 Å². The summed E-state index contributed by atoms with van der Waals surface area (Å²) in [5.74, 6) is 1.73. The smallest absolute Gasteiger partial charge is 0.141 e. The predicted octanol–water partition coefficient (Wildman–Crippen LogP) is 3.92. The highest BCUT2D eigenvalue weighted by Gasteiger charge is 2.43. The van der Waals surface area contributed by atoms with Gasteiger partial charge in [0.25, 0.3) is 0 Å². The topological polar surface area (TPSA) is 26.3 Å². The van der Waals surface area contributed by atoms with Gasteiger partial charge in [0, 0.05) is 17.9 Å². The number of aryl methyl sites for hydroxylation is 1. The van der Waals surface area contributed by atoms with Gasteiger partial charge in [-0.1, -0.05) is 48.0 Å². The second-order valence-corrected chi connectivity index (χ2v) is 5.82. The molecule has 0 heterocycles. The number of carbonyl (C=O) groups is 1. The van der Waals surface area contributed by atoms with Crippen LogP contribution in [0, 0.1) is 12.8 Å². The maximum atomic E-state index is 12.5. The molecule has 0 aliphatic heterocycles. The minimum absolute atomic E-state index is 0.178. The molecule has 2 nitrogen and oxygen atoms in total. The fourth-order valence-corrected chi connectivity index (χ4v) is 2.98. The molecule has 2 aromatic rings. The Kier molecular flexibility index (Phi) is 3.78. The molecule has 1 aliphatic carbocycles. The van der Waals surface area contributed by atoms with Crippen LogP contribution in [-0.4, -0.2) is 12.9 Å². The van der Waals surface area contributed by atoms with Crippen LogP contribution in [0.15, 0.2) is 48.5 Å². The molecule has 0 amide bonds. The van der Waals surface area contributed by atoms with Gasteiger partial charge in [-0.25, -0.2) is 0 Å². The van der Waals surface area contributed by atoms with Gasteiger partial charge >= 0.3 is 0 Å². The number of carbonyl (C=O) groups excluding carboxylic acids is 1. The van der Waals surface area contributed by atoms with Gasteiger partial charge in [0.15, 0.2) is 0 Å². The van der Waals surface area contributed by atoms with Crippen molar-refractivity contribution >= 4 is 5.78 Å². The van der Waals surface area contributed by atoms with E-state index < -0.39 is 0 Å². The van der Waals surface area contributed by atoms with E-state index in [2.05, 4.69) is 18.2 Å². The van der Waals surface area contributed by atoms with E-state index in [1.165, 1.54) is 5.56 Å². The van der Waals surface area contributed by atoms with Crippen molar-refractivity contribution in [2.45, 2.75) is 25.7 Å². The van der Waals surface area contributed by atoms with E-state index >= 15 is 0 Å². The summed E-state index contributed by atoms with van der Waals surface area (Å²) in [6.07, 6.45) is 1.45. The number of ketones is 1. The third kappa shape index (κ3) is 2.99. The first-order chi connectivity index (χ1) is 10.2. The third-order valence-electron chi connectivity index (χ3n) is 4.23. The number of Topliss-reactive ketones (excluding diaryl/α,β-unsaturated/α-hetero) is 1. The fraction of sp³-hybridized carbons (Fsp3) is 0.316. The molecule has 0 bridgehead atoms. The summed E-state index contributed by atoms with van der Waals surface area (Å²) in [5.41, 5.74) is 3.45. The van der Waals surface area contributed by atoms with Crippen LogP contribution in [0.4, 0.5) is 0 Å². The van der Waals surface area contributed by atoms with E-state index in [-0.39, 0.29) is 5.92 Å². The van der Waals surface area contributed by atoms with Gasteiger partial charge in [-0.15, -0.1) is 0 Å². The van der Waals surface area contributed by atoms with Crippen LogP contribution in [0.3, 0.4) is 0 Å². The zero-order valence-electron chi connectivity index (χ0n) is 12.5. The summed E-state index contributed by atoms with van der Waals surface area (Å²) in [4.78, 5) is 12.5. The number of methoxy groups -OCH3 is 1. The summed E-state index contributed by atoms with van der Waals surface area (Å²) in [5, 5.41) is 0. The van der Waals surface area contributed by atoms with Crippen molar-refractivity contribution in [3.63, 3.8) is 0 Å². The van der Waals surface area contributed by atoms with Crippen LogP contribution in [0.25, 0.3) is 0 Å². The Balaban J connectivity index is 1.70. The summed E-state index contributed by atoms with van der Waals surface area (Å²) in [6.45, 7) is 2.04. The lowest BCUT2D eigenvalue weighted by Crippen LogP contribution is -2.08. The summed E-state index contributed by atoms with van der Waals surface area (Å²) in [7, 11) is 1.66. The average molecular weight is 280 g/mol. The van der Waals surface area contributed by atoms with Gasteiger partial charge in [-0.3, -0.25) is 4.79 Å². The lowest BCUT2D eigenvalue weighted by molar-refractivity contribution is -0.119. The predicted molar refractivity (Wildman–Crippen MR) is 83.7 cm³/mol. The molecule has 0 spiro atoms. The highest BCUT2D eigenvalue weighted by atomic mass is 16.5. The molecule has 0 N–H and O–H groups in total. The van der Waals surface area contributed by atoms with E-state index in [1.54, 1.807) is 7.11 Å². The van der Waals surface area contributed by atoms with Gasteiger partial charge in [-0.2, -0.15) is 0 Å². The SMILES string of the molecule is COc1ccc(C)cc1CC(=O)C1CC1c1ccccc1. The van der Waals surface area contributed by atoms with Crippen LogP contribution in [0.5, 0.6) is 5.75 Å². The molecular weight excluding hydrogens is 260 g/mol. The van der Waals surface area contributed by atoms with E-state index in [4.69, 9.17) is 4.74 Å². The first-order valence-electron chi connectivity index (χ1n) is 7.40. The Morgan fingerprint density at radius 2 is 1.95 bits per heavy atom. The Morgan fingerprint density at radius 1 is 1.19 bits per heavy atom. The largest absolute Gasteiger partial charge is 0.496 e. The molecule has 1 saturated carbocycles. The van der Waals surface area contributed by atoms with Crippen molar-refractivity contribution in [1.29, 1.82) is 0 Å². The van der Waals surface area contributed by atoms with Crippen LogP contribution >= 0.6 is 0 Å². The first kappa shape index (κ1) is 13.9. The van der Waals surface area contributed by atoms with Gasteiger partial charge in [-0.05, 0) is 30.9 Å². The van der Waals surface area contributed by atoms with E-state index in [9.17, 15) is 4.79 Å². The Bertz CT molecular complexity index is 646. The summed E-state index contributed by atoms with van der Waals surface area (Å²) in [6, 6.07) is 16.3. The first-order valence-corrected chi connectivity index (χ1v) is 7.40. The van der Waals surface area contributed by atoms with E-state index in [1.807, 2.05) is 37.3 Å². The fourth-order valence-electron chi connectivity index (χ4n) is 2.98. The van der Waals surface area contributed by atoms with Crippen molar-refractivity contribution in [1.82, 2.24) is 0 Å². The molecule has 2 unspecified atom stereocenters. The van der Waals surface area contributed by atoms with Gasteiger partial charge in [0.1, 0.15) is 11.5 Å². The quantitative estimate of drug-likeness (QED) is 0.829. The Hall–Kier alpha value is -2.09. The van der Waals surface area contributed by atoms with Gasteiger partial charge in [0.2, 0.25) is 0 Å². The maximum Gasteiger partial charge on any atom is 0.141 e. The van der Waals surface area contributed by atoms with Crippen molar-refractivity contribution in [3.8, 4) is 5.75 Å². The number of rotatable bonds is 5. The minimum atomic E-state index is 0.178. The minimum Gasteiger partial charge on any atom is -0.496 e. The number of hydrogen-bond acceptors (Lipinski definition) is 2. The molecular formula is C19H20O2. The lowest BCUT2D eigenvalue weighted by Gasteiger charge is -2.09. The highest BCUT2D eigenvalue weighted by Crippen LogP contribution is 2.48. The molecule has 0 aromatic heterocycles. The molecule has 2 atom stereocenters. The van der Waals surface area contributed by atoms with Crippen molar-refractivity contribution in [2.24, 2.45) is 5.92 Å².